The lowest BCUT2D eigenvalue weighted by atomic mass is 9.46. The molecule has 0 aliphatic heterocycles. The van der Waals surface area contributed by atoms with Crippen molar-refractivity contribution in [2.45, 2.75) is 58.2 Å². The summed E-state index contributed by atoms with van der Waals surface area (Å²) in [6, 6.07) is 0. The maximum Gasteiger partial charge on any atom is 0.190 e. The lowest BCUT2D eigenvalue weighted by Crippen LogP contribution is -2.62. The van der Waals surface area contributed by atoms with E-state index in [4.69, 9.17) is 0 Å². The first-order valence-corrected chi connectivity index (χ1v) is 10.1. The van der Waals surface area contributed by atoms with E-state index >= 15 is 0 Å². The van der Waals surface area contributed by atoms with Gasteiger partial charge >= 0.3 is 0 Å². The summed E-state index contributed by atoms with van der Waals surface area (Å²) in [5.41, 5.74) is -1.62. The first-order valence-electron chi connectivity index (χ1n) is 10.1. The average Bonchev–Trinajstić information content (AvgIpc) is 2.82. The van der Waals surface area contributed by atoms with Crippen LogP contribution < -0.4 is 0 Å². The molecule has 0 aromatic rings. The molecular weight excluding hydrogens is 344 g/mol. The van der Waals surface area contributed by atoms with Gasteiger partial charge in [-0.3, -0.25) is 9.59 Å². The molecule has 4 aliphatic rings. The minimum atomic E-state index is -1.60. The zero-order chi connectivity index (χ0) is 19.8. The molecule has 5 nitrogen and oxygen atoms in total. The Hall–Kier alpha value is -1.30. The highest BCUT2D eigenvalue weighted by molar-refractivity contribution is 6.01. The van der Waals surface area contributed by atoms with E-state index in [-0.39, 0.29) is 34.9 Å². The highest BCUT2D eigenvalue weighted by Gasteiger charge is 2.70. The summed E-state index contributed by atoms with van der Waals surface area (Å²) in [6.45, 7) is 5.23. The van der Waals surface area contributed by atoms with Gasteiger partial charge in [-0.1, -0.05) is 32.4 Å². The second-order valence-electron chi connectivity index (χ2n) is 9.70. The molecule has 0 radical (unpaired) electrons. The summed E-state index contributed by atoms with van der Waals surface area (Å²) in [4.78, 5) is 24.4. The minimum absolute atomic E-state index is 0.00784. The molecule has 5 heteroatoms. The number of carbonyl (C=O) groups excluding carboxylic acids is 2. The first-order chi connectivity index (χ1) is 12.6. The largest absolute Gasteiger partial charge is 0.393 e. The fraction of sp³-hybridized carbons (Fsp3) is 0.727. The third kappa shape index (κ3) is 2.22. The Morgan fingerprint density at radius 1 is 1.33 bits per heavy atom. The summed E-state index contributed by atoms with van der Waals surface area (Å²) in [6.07, 6.45) is 7.30. The molecule has 3 saturated carbocycles. The first kappa shape index (κ1) is 19.0. The van der Waals surface area contributed by atoms with Crippen LogP contribution >= 0.6 is 0 Å². The van der Waals surface area contributed by atoms with Crippen LogP contribution in [0.1, 0.15) is 46.5 Å². The number of hydrogen-bond acceptors (Lipinski definition) is 5. The molecular formula is C22H30O5. The second-order valence-corrected chi connectivity index (χ2v) is 9.70. The molecule has 0 amide bonds. The second kappa shape index (κ2) is 5.85. The van der Waals surface area contributed by atoms with E-state index in [1.54, 1.807) is 12.2 Å². The predicted octanol–water partition coefficient (Wildman–Crippen LogP) is 1.80. The highest BCUT2D eigenvalue weighted by atomic mass is 16.3. The van der Waals surface area contributed by atoms with Crippen LogP contribution in [-0.4, -0.2) is 45.2 Å². The van der Waals surface area contributed by atoms with Gasteiger partial charge in [0.15, 0.2) is 11.6 Å². The molecule has 0 aromatic heterocycles. The number of Topliss-reactive ketones (excluding diaryl/α,β-unsaturated/α-hetero) is 1. The van der Waals surface area contributed by atoms with Crippen LogP contribution in [0.25, 0.3) is 0 Å². The Morgan fingerprint density at radius 3 is 2.70 bits per heavy atom. The van der Waals surface area contributed by atoms with Crippen molar-refractivity contribution < 1.29 is 24.9 Å². The third-order valence-electron chi connectivity index (χ3n) is 8.65. The van der Waals surface area contributed by atoms with Gasteiger partial charge in [0.25, 0.3) is 0 Å². The third-order valence-corrected chi connectivity index (χ3v) is 8.65. The Balaban J connectivity index is 1.78. The highest BCUT2D eigenvalue weighted by Crippen LogP contribution is 2.68. The Kier molecular flexibility index (Phi) is 4.12. The maximum atomic E-state index is 12.6. The van der Waals surface area contributed by atoms with Gasteiger partial charge in [-0.15, -0.1) is 0 Å². The zero-order valence-corrected chi connectivity index (χ0v) is 16.3. The van der Waals surface area contributed by atoms with E-state index in [0.29, 0.717) is 12.8 Å². The number of allylic oxidation sites excluding steroid dienone is 4. The van der Waals surface area contributed by atoms with E-state index in [2.05, 4.69) is 6.92 Å². The Morgan fingerprint density at radius 2 is 2.04 bits per heavy atom. The quantitative estimate of drug-likeness (QED) is 0.685. The molecule has 0 saturated heterocycles. The SMILES string of the molecule is CC1CC2C3CCC4=CC(=O)C=CC4(C)C3C(O)CC2(C)C1(O)C(=O)CO. The Bertz CT molecular complexity index is 754. The number of fused-ring (bicyclic) bond motifs is 5. The van der Waals surface area contributed by atoms with Crippen molar-refractivity contribution in [3.63, 3.8) is 0 Å². The average molecular weight is 374 g/mol. The number of ketones is 2. The van der Waals surface area contributed by atoms with Crippen molar-refractivity contribution in [2.24, 2.45) is 34.5 Å². The molecule has 0 aromatic carbocycles. The lowest BCUT2D eigenvalue weighted by Gasteiger charge is -2.59. The molecule has 3 N–H and O–H groups in total. The van der Waals surface area contributed by atoms with Gasteiger partial charge in [-0.2, -0.15) is 0 Å². The van der Waals surface area contributed by atoms with Gasteiger partial charge in [0.1, 0.15) is 12.2 Å². The topological polar surface area (TPSA) is 94.8 Å². The summed E-state index contributed by atoms with van der Waals surface area (Å²) in [5, 5.41) is 32.1. The van der Waals surface area contributed by atoms with Crippen molar-refractivity contribution in [1.29, 1.82) is 0 Å². The van der Waals surface area contributed by atoms with Crippen molar-refractivity contribution in [2.75, 3.05) is 6.61 Å². The monoisotopic (exact) mass is 374 g/mol. The fourth-order valence-electron chi connectivity index (χ4n) is 7.37. The molecule has 0 spiro atoms. The molecule has 4 rings (SSSR count). The number of aliphatic hydroxyl groups excluding tert-OH is 2. The standard InChI is InChI=1S/C22H30O5/c1-12-8-16-15-5-4-13-9-14(24)6-7-20(13,2)19(15)17(25)10-21(16,3)22(12,27)18(26)11-23/h6-7,9,12,15-17,19,23,25,27H,4-5,8,10-11H2,1-3H3. The van der Waals surface area contributed by atoms with Crippen molar-refractivity contribution in [1.82, 2.24) is 0 Å². The van der Waals surface area contributed by atoms with E-state index in [9.17, 15) is 24.9 Å². The molecule has 3 fully saturated rings. The molecule has 0 bridgehead atoms. The van der Waals surface area contributed by atoms with Gasteiger partial charge in [0.05, 0.1) is 6.10 Å². The van der Waals surface area contributed by atoms with E-state index in [0.717, 1.165) is 18.4 Å². The molecule has 148 valence electrons. The summed E-state index contributed by atoms with van der Waals surface area (Å²) < 4.78 is 0. The fourth-order valence-corrected chi connectivity index (χ4v) is 7.37. The molecule has 0 heterocycles. The van der Waals surface area contributed by atoms with E-state index < -0.39 is 29.5 Å². The summed E-state index contributed by atoms with van der Waals surface area (Å²) in [7, 11) is 0. The van der Waals surface area contributed by atoms with Gasteiger partial charge in [-0.05, 0) is 55.6 Å². The smallest absolute Gasteiger partial charge is 0.190 e. The minimum Gasteiger partial charge on any atom is -0.393 e. The zero-order valence-electron chi connectivity index (χ0n) is 16.3. The van der Waals surface area contributed by atoms with Crippen molar-refractivity contribution in [3.8, 4) is 0 Å². The predicted molar refractivity (Wildman–Crippen MR) is 99.6 cm³/mol. The maximum absolute atomic E-state index is 12.6. The van der Waals surface area contributed by atoms with Gasteiger partial charge in [0, 0.05) is 16.7 Å². The van der Waals surface area contributed by atoms with Crippen LogP contribution in [0.2, 0.25) is 0 Å². The van der Waals surface area contributed by atoms with Gasteiger partial charge in [-0.25, -0.2) is 0 Å². The number of aliphatic hydroxyl groups is 3. The van der Waals surface area contributed by atoms with E-state index in [1.807, 2.05) is 19.9 Å². The number of hydrogen-bond donors (Lipinski definition) is 3. The van der Waals surface area contributed by atoms with Crippen LogP contribution in [0.4, 0.5) is 0 Å². The Labute approximate surface area is 160 Å². The van der Waals surface area contributed by atoms with Crippen LogP contribution in [0, 0.1) is 34.5 Å². The molecule has 4 aliphatic carbocycles. The van der Waals surface area contributed by atoms with Gasteiger partial charge in [0.2, 0.25) is 0 Å². The van der Waals surface area contributed by atoms with Crippen molar-refractivity contribution in [3.05, 3.63) is 23.8 Å². The normalized spacial score (nSPS) is 51.3. The molecule has 27 heavy (non-hydrogen) atoms. The van der Waals surface area contributed by atoms with E-state index in [1.165, 1.54) is 0 Å². The van der Waals surface area contributed by atoms with Crippen LogP contribution in [-0.2, 0) is 9.59 Å². The van der Waals surface area contributed by atoms with Crippen LogP contribution in [0.5, 0.6) is 0 Å². The van der Waals surface area contributed by atoms with Crippen LogP contribution in [0.15, 0.2) is 23.8 Å². The van der Waals surface area contributed by atoms with Crippen molar-refractivity contribution >= 4 is 11.6 Å². The summed E-state index contributed by atoms with van der Waals surface area (Å²) in [5.74, 6) is -0.539. The number of carbonyl (C=O) groups is 2. The lowest BCUT2D eigenvalue weighted by molar-refractivity contribution is -0.183. The van der Waals surface area contributed by atoms with Crippen LogP contribution in [0.3, 0.4) is 0 Å². The van der Waals surface area contributed by atoms with Gasteiger partial charge < -0.3 is 15.3 Å². The number of rotatable bonds is 2. The molecule has 8 unspecified atom stereocenters. The summed E-state index contributed by atoms with van der Waals surface area (Å²) >= 11 is 0. The molecule has 8 atom stereocenters.